The quantitative estimate of drug-likeness (QED) is 0.343. The third kappa shape index (κ3) is 7.01. The van der Waals surface area contributed by atoms with E-state index in [1.807, 2.05) is 19.1 Å². The van der Waals surface area contributed by atoms with E-state index in [-0.39, 0.29) is 23.4 Å². The number of benzene rings is 3. The summed E-state index contributed by atoms with van der Waals surface area (Å²) in [4.78, 5) is 29.2. The highest BCUT2D eigenvalue weighted by Crippen LogP contribution is 2.25. The molecule has 3 aromatic carbocycles. The van der Waals surface area contributed by atoms with Gasteiger partial charge in [0.2, 0.25) is 11.8 Å². The van der Waals surface area contributed by atoms with Crippen LogP contribution in [-0.4, -0.2) is 50.9 Å². The van der Waals surface area contributed by atoms with Crippen molar-refractivity contribution in [1.29, 1.82) is 0 Å². The Morgan fingerprint density at radius 2 is 1.52 bits per heavy atom. The van der Waals surface area contributed by atoms with Gasteiger partial charge in [0.25, 0.3) is 10.0 Å². The van der Waals surface area contributed by atoms with E-state index in [0.29, 0.717) is 17.9 Å². The topological polar surface area (TPSA) is 96.0 Å². The fourth-order valence-electron chi connectivity index (χ4n) is 5.06. The van der Waals surface area contributed by atoms with Crippen LogP contribution >= 0.6 is 0 Å². The van der Waals surface area contributed by atoms with Crippen molar-refractivity contribution < 1.29 is 22.7 Å². The Kier molecular flexibility index (Phi) is 9.82. The van der Waals surface area contributed by atoms with E-state index in [9.17, 15) is 18.0 Å². The van der Waals surface area contributed by atoms with Crippen LogP contribution in [0.1, 0.15) is 44.6 Å². The second-order valence-electron chi connectivity index (χ2n) is 9.94. The van der Waals surface area contributed by atoms with Gasteiger partial charge in [0.15, 0.2) is 0 Å². The second-order valence-corrected chi connectivity index (χ2v) is 11.8. The minimum Gasteiger partial charge on any atom is -0.497 e. The van der Waals surface area contributed by atoms with Crippen molar-refractivity contribution in [2.24, 2.45) is 0 Å². The average Bonchev–Trinajstić information content (AvgIpc) is 3.50. The normalized spacial score (nSPS) is 14.3. The molecule has 4 rings (SSSR count). The molecule has 0 bridgehead atoms. The number of para-hydroxylation sites is 1. The molecule has 0 aliphatic heterocycles. The highest BCUT2D eigenvalue weighted by atomic mass is 32.2. The van der Waals surface area contributed by atoms with E-state index in [1.165, 1.54) is 17.0 Å². The lowest BCUT2D eigenvalue weighted by atomic mass is 10.1. The maximum atomic E-state index is 14.1. The largest absolute Gasteiger partial charge is 0.497 e. The number of nitrogens with zero attached hydrogens (tertiary/aromatic N) is 2. The molecule has 212 valence electrons. The maximum Gasteiger partial charge on any atom is 0.264 e. The summed E-state index contributed by atoms with van der Waals surface area (Å²) in [5, 5.41) is 3.13. The first-order valence-electron chi connectivity index (χ1n) is 13.7. The highest BCUT2D eigenvalue weighted by Gasteiger charge is 2.34. The molecule has 0 heterocycles. The van der Waals surface area contributed by atoms with Crippen molar-refractivity contribution in [3.8, 4) is 5.75 Å². The molecule has 0 spiro atoms. The van der Waals surface area contributed by atoms with Crippen LogP contribution in [0, 0.1) is 0 Å². The zero-order valence-electron chi connectivity index (χ0n) is 23.0. The van der Waals surface area contributed by atoms with Gasteiger partial charge in [-0.1, -0.05) is 68.3 Å². The van der Waals surface area contributed by atoms with Crippen LogP contribution in [0.2, 0.25) is 0 Å². The first-order chi connectivity index (χ1) is 19.3. The number of rotatable bonds is 12. The van der Waals surface area contributed by atoms with Crippen LogP contribution in [0.25, 0.3) is 0 Å². The van der Waals surface area contributed by atoms with Crippen LogP contribution < -0.4 is 14.4 Å². The molecule has 8 nitrogen and oxygen atoms in total. The zero-order valence-corrected chi connectivity index (χ0v) is 23.8. The Bertz CT molecular complexity index is 1360. The number of methoxy groups -OCH3 is 1. The summed E-state index contributed by atoms with van der Waals surface area (Å²) < 4.78 is 34.0. The van der Waals surface area contributed by atoms with E-state index in [2.05, 4.69) is 5.32 Å². The van der Waals surface area contributed by atoms with Gasteiger partial charge in [-0.2, -0.15) is 0 Å². The lowest BCUT2D eigenvalue weighted by Gasteiger charge is -2.33. The van der Waals surface area contributed by atoms with Gasteiger partial charge in [-0.15, -0.1) is 0 Å². The van der Waals surface area contributed by atoms with Gasteiger partial charge >= 0.3 is 0 Å². The molecule has 1 fully saturated rings. The summed E-state index contributed by atoms with van der Waals surface area (Å²) >= 11 is 0. The Hall–Kier alpha value is -3.85. The molecule has 1 unspecified atom stereocenters. The lowest BCUT2D eigenvalue weighted by Crippen LogP contribution is -2.53. The Labute approximate surface area is 237 Å². The summed E-state index contributed by atoms with van der Waals surface area (Å²) in [5.74, 6) is -0.00195. The number of sulfonamides is 1. The molecular formula is C31H37N3O5S. The predicted octanol–water partition coefficient (Wildman–Crippen LogP) is 4.76. The van der Waals surface area contributed by atoms with Crippen molar-refractivity contribution in [3.63, 3.8) is 0 Å². The Balaban J connectivity index is 1.68. The van der Waals surface area contributed by atoms with Crippen molar-refractivity contribution in [2.45, 2.75) is 62.6 Å². The molecule has 1 atom stereocenters. The number of carbonyl (C=O) groups excluding carboxylic acids is 2. The minimum absolute atomic E-state index is 0.0828. The fourth-order valence-corrected chi connectivity index (χ4v) is 6.49. The van der Waals surface area contributed by atoms with Crippen molar-refractivity contribution in [2.75, 3.05) is 18.0 Å². The molecule has 0 radical (unpaired) electrons. The van der Waals surface area contributed by atoms with Crippen LogP contribution in [0.5, 0.6) is 5.75 Å². The van der Waals surface area contributed by atoms with Gasteiger partial charge in [-0.05, 0) is 61.2 Å². The average molecular weight is 564 g/mol. The number of amides is 2. The molecule has 0 saturated heterocycles. The number of ether oxygens (including phenoxy) is 1. The molecular weight excluding hydrogens is 526 g/mol. The molecule has 1 saturated carbocycles. The van der Waals surface area contributed by atoms with Gasteiger partial charge in [-0.25, -0.2) is 8.42 Å². The van der Waals surface area contributed by atoms with Crippen molar-refractivity contribution in [3.05, 3.63) is 90.5 Å². The van der Waals surface area contributed by atoms with Crippen molar-refractivity contribution >= 4 is 27.5 Å². The van der Waals surface area contributed by atoms with Crippen LogP contribution in [0.15, 0.2) is 89.8 Å². The van der Waals surface area contributed by atoms with E-state index >= 15 is 0 Å². The molecule has 1 aliphatic carbocycles. The summed E-state index contributed by atoms with van der Waals surface area (Å²) in [6, 6.07) is 23.2. The van der Waals surface area contributed by atoms with Crippen LogP contribution in [-0.2, 0) is 26.2 Å². The van der Waals surface area contributed by atoms with Crippen LogP contribution in [0.3, 0.4) is 0 Å². The van der Waals surface area contributed by atoms with E-state index < -0.39 is 28.5 Å². The maximum absolute atomic E-state index is 14.1. The third-order valence-corrected chi connectivity index (χ3v) is 9.04. The molecule has 2 amide bonds. The zero-order chi connectivity index (χ0) is 28.5. The summed E-state index contributed by atoms with van der Waals surface area (Å²) in [5.41, 5.74) is 1.17. The molecule has 9 heteroatoms. The summed E-state index contributed by atoms with van der Waals surface area (Å²) in [6.07, 6.45) is 4.37. The van der Waals surface area contributed by atoms with Gasteiger partial charge in [0.05, 0.1) is 17.7 Å². The smallest absolute Gasteiger partial charge is 0.264 e. The van der Waals surface area contributed by atoms with Gasteiger partial charge in [0, 0.05) is 12.6 Å². The van der Waals surface area contributed by atoms with Crippen molar-refractivity contribution in [1.82, 2.24) is 10.2 Å². The summed E-state index contributed by atoms with van der Waals surface area (Å²) in [6.45, 7) is 1.56. The van der Waals surface area contributed by atoms with E-state index in [4.69, 9.17) is 4.74 Å². The molecule has 40 heavy (non-hydrogen) atoms. The standard InChI is InChI=1S/C31H37N3O5S/c1-3-29(31(36)32-25-12-10-11-13-25)33(22-24-18-20-27(39-2)21-19-24)30(35)23-34(26-14-6-4-7-15-26)40(37,38)28-16-8-5-9-17-28/h4-9,14-21,25,29H,3,10-13,22-23H2,1-2H3,(H,32,36). The number of hydrogen-bond donors (Lipinski definition) is 1. The first-order valence-corrected chi connectivity index (χ1v) is 15.1. The van der Waals surface area contributed by atoms with Gasteiger partial charge in [0.1, 0.15) is 18.3 Å². The Morgan fingerprint density at radius 1 is 0.925 bits per heavy atom. The molecule has 1 aliphatic rings. The lowest BCUT2D eigenvalue weighted by molar-refractivity contribution is -0.140. The Morgan fingerprint density at radius 3 is 2.10 bits per heavy atom. The minimum atomic E-state index is -4.07. The number of anilines is 1. The third-order valence-electron chi connectivity index (χ3n) is 7.25. The summed E-state index contributed by atoms with van der Waals surface area (Å²) in [7, 11) is -2.49. The van der Waals surface area contributed by atoms with E-state index in [1.54, 1.807) is 67.8 Å². The number of hydrogen-bond acceptors (Lipinski definition) is 5. The van der Waals surface area contributed by atoms with E-state index in [0.717, 1.165) is 35.6 Å². The number of carbonyl (C=O) groups is 2. The highest BCUT2D eigenvalue weighted by molar-refractivity contribution is 7.92. The van der Waals surface area contributed by atoms with Gasteiger partial charge < -0.3 is 15.0 Å². The SMILES string of the molecule is CCC(C(=O)NC1CCCC1)N(Cc1ccc(OC)cc1)C(=O)CN(c1ccccc1)S(=O)(=O)c1ccccc1. The van der Waals surface area contributed by atoms with Crippen LogP contribution in [0.4, 0.5) is 5.69 Å². The molecule has 1 N–H and O–H groups in total. The monoisotopic (exact) mass is 563 g/mol. The first kappa shape index (κ1) is 29.1. The predicted molar refractivity (Wildman–Crippen MR) is 155 cm³/mol. The second kappa shape index (κ2) is 13.5. The fraction of sp³-hybridized carbons (Fsp3) is 0.355. The number of nitrogens with one attached hydrogen (secondary N) is 1. The van der Waals surface area contributed by atoms with Gasteiger partial charge in [-0.3, -0.25) is 13.9 Å². The molecule has 0 aromatic heterocycles. The molecule has 3 aromatic rings.